The minimum absolute atomic E-state index is 0.249. The average Bonchev–Trinajstić information content (AvgIpc) is 3.02. The van der Waals surface area contributed by atoms with Crippen molar-refractivity contribution in [2.45, 2.75) is 6.54 Å². The number of carbonyl (C=O) groups excluding carboxylic acids is 2. The van der Waals surface area contributed by atoms with Crippen molar-refractivity contribution >= 4 is 39.6 Å². The molecule has 1 saturated heterocycles. The molecule has 1 aliphatic heterocycles. The van der Waals surface area contributed by atoms with Crippen LogP contribution in [-0.4, -0.2) is 16.8 Å². The minimum atomic E-state index is -0.394. The van der Waals surface area contributed by atoms with E-state index in [1.165, 1.54) is 4.90 Å². The molecule has 0 atom stereocenters. The molecule has 0 spiro atoms. The predicted molar refractivity (Wildman–Crippen MR) is 115 cm³/mol. The fraction of sp³-hybridized carbons (Fsp3) is 0.0400. The van der Waals surface area contributed by atoms with Gasteiger partial charge in [0.15, 0.2) is 0 Å². The van der Waals surface area contributed by atoms with Gasteiger partial charge < -0.3 is 5.32 Å². The van der Waals surface area contributed by atoms with Crippen LogP contribution in [-0.2, 0) is 11.3 Å². The molecule has 4 aromatic rings. The summed E-state index contributed by atoms with van der Waals surface area (Å²) in [4.78, 5) is 26.7. The van der Waals surface area contributed by atoms with Crippen LogP contribution < -0.4 is 5.32 Å². The van der Waals surface area contributed by atoms with Crippen LogP contribution in [0.2, 0.25) is 0 Å². The molecule has 1 aliphatic rings. The summed E-state index contributed by atoms with van der Waals surface area (Å²) < 4.78 is 0. The summed E-state index contributed by atoms with van der Waals surface area (Å²) in [5.74, 6) is -0.309. The van der Waals surface area contributed by atoms with Crippen LogP contribution in [0.4, 0.5) is 4.79 Å². The first kappa shape index (κ1) is 17.2. The number of hydrogen-bond acceptors (Lipinski definition) is 2. The number of nitrogens with one attached hydrogen (secondary N) is 1. The Labute approximate surface area is 168 Å². The quantitative estimate of drug-likeness (QED) is 0.307. The molecule has 0 aromatic heterocycles. The molecule has 1 fully saturated rings. The molecule has 0 aliphatic carbocycles. The van der Waals surface area contributed by atoms with E-state index in [-0.39, 0.29) is 12.5 Å². The molecule has 1 N–H and O–H groups in total. The number of hydrogen-bond donors (Lipinski definition) is 1. The number of rotatable bonds is 3. The molecule has 4 heteroatoms. The highest BCUT2D eigenvalue weighted by molar-refractivity contribution is 6.16. The first-order valence-corrected chi connectivity index (χ1v) is 9.50. The lowest BCUT2D eigenvalue weighted by Crippen LogP contribution is -2.30. The highest BCUT2D eigenvalue weighted by atomic mass is 16.2. The molecule has 1 heterocycles. The Kier molecular flexibility index (Phi) is 4.10. The molecule has 3 amide bonds. The smallest absolute Gasteiger partial charge is 0.303 e. The second-order valence-corrected chi connectivity index (χ2v) is 7.10. The van der Waals surface area contributed by atoms with Gasteiger partial charge in [-0.25, -0.2) is 4.79 Å². The molecular formula is C25H18N2O2. The molecule has 0 radical (unpaired) electrons. The summed E-state index contributed by atoms with van der Waals surface area (Å²) in [6.07, 6.45) is 1.80. The Morgan fingerprint density at radius 2 is 1.34 bits per heavy atom. The average molecular weight is 378 g/mol. The summed E-state index contributed by atoms with van der Waals surface area (Å²) in [5.41, 5.74) is 2.14. The highest BCUT2D eigenvalue weighted by Gasteiger charge is 2.33. The van der Waals surface area contributed by atoms with Crippen LogP contribution in [0, 0.1) is 0 Å². The largest absolute Gasteiger partial charge is 0.329 e. The molecule has 4 nitrogen and oxygen atoms in total. The van der Waals surface area contributed by atoms with E-state index in [0.29, 0.717) is 5.70 Å². The van der Waals surface area contributed by atoms with Crippen LogP contribution >= 0.6 is 0 Å². The zero-order valence-corrected chi connectivity index (χ0v) is 15.6. The fourth-order valence-corrected chi connectivity index (χ4v) is 3.83. The summed E-state index contributed by atoms with van der Waals surface area (Å²) in [6.45, 7) is 0.249. The van der Waals surface area contributed by atoms with Crippen molar-refractivity contribution in [2.75, 3.05) is 0 Å². The van der Waals surface area contributed by atoms with E-state index < -0.39 is 6.03 Å². The number of amides is 3. The van der Waals surface area contributed by atoms with Crippen LogP contribution in [0.5, 0.6) is 0 Å². The summed E-state index contributed by atoms with van der Waals surface area (Å²) in [6, 6.07) is 27.4. The first-order valence-electron chi connectivity index (χ1n) is 9.50. The molecule has 0 saturated carbocycles. The molecule has 29 heavy (non-hydrogen) atoms. The second-order valence-electron chi connectivity index (χ2n) is 7.10. The number of benzene rings is 4. The van der Waals surface area contributed by atoms with Crippen molar-refractivity contribution in [3.63, 3.8) is 0 Å². The van der Waals surface area contributed by atoms with Crippen molar-refractivity contribution < 1.29 is 9.59 Å². The maximum Gasteiger partial charge on any atom is 0.329 e. The topological polar surface area (TPSA) is 49.4 Å². The lowest BCUT2D eigenvalue weighted by atomic mass is 9.96. The van der Waals surface area contributed by atoms with E-state index in [4.69, 9.17) is 0 Å². The lowest BCUT2D eigenvalue weighted by molar-refractivity contribution is -0.123. The Bertz CT molecular complexity index is 1240. The number of urea groups is 1. The Morgan fingerprint density at radius 3 is 2.00 bits per heavy atom. The van der Waals surface area contributed by atoms with Gasteiger partial charge in [-0.1, -0.05) is 78.9 Å². The van der Waals surface area contributed by atoms with Gasteiger partial charge in [0.05, 0.1) is 6.54 Å². The lowest BCUT2D eigenvalue weighted by Gasteiger charge is -2.11. The van der Waals surface area contributed by atoms with Gasteiger partial charge >= 0.3 is 6.03 Å². The molecule has 4 aromatic carbocycles. The maximum atomic E-state index is 13.0. The second kappa shape index (κ2) is 6.91. The van der Waals surface area contributed by atoms with Crippen molar-refractivity contribution in [1.82, 2.24) is 10.2 Å². The van der Waals surface area contributed by atoms with Gasteiger partial charge in [-0.2, -0.15) is 0 Å². The normalized spacial score (nSPS) is 15.4. The maximum absolute atomic E-state index is 13.0. The SMILES string of the molecule is O=C1N/C(=C/c2c3ccccc3cc3ccccc23)C(=O)N1Cc1ccccc1. The van der Waals surface area contributed by atoms with Crippen LogP contribution in [0.1, 0.15) is 11.1 Å². The van der Waals surface area contributed by atoms with Crippen LogP contribution in [0.3, 0.4) is 0 Å². The summed E-state index contributed by atoms with van der Waals surface area (Å²) >= 11 is 0. The van der Waals surface area contributed by atoms with Crippen molar-refractivity contribution in [2.24, 2.45) is 0 Å². The standard InChI is InChI=1S/C25H18N2O2/c28-24-23(26-25(29)27(24)16-17-8-2-1-3-9-17)15-22-20-12-6-4-10-18(20)14-19-11-5-7-13-21(19)22/h1-15H,16H2,(H,26,29)/b23-15+. The predicted octanol–water partition coefficient (Wildman–Crippen LogP) is 5.09. The van der Waals surface area contributed by atoms with Crippen LogP contribution in [0.25, 0.3) is 27.6 Å². The zero-order valence-electron chi connectivity index (χ0n) is 15.6. The van der Waals surface area contributed by atoms with Crippen molar-refractivity contribution in [1.29, 1.82) is 0 Å². The van der Waals surface area contributed by atoms with E-state index in [0.717, 1.165) is 32.7 Å². The van der Waals surface area contributed by atoms with Crippen molar-refractivity contribution in [3.05, 3.63) is 102 Å². The van der Waals surface area contributed by atoms with Crippen molar-refractivity contribution in [3.8, 4) is 0 Å². The van der Waals surface area contributed by atoms with Gasteiger partial charge in [-0.05, 0) is 44.8 Å². The number of nitrogens with zero attached hydrogens (tertiary/aromatic N) is 1. The minimum Gasteiger partial charge on any atom is -0.303 e. The molecule has 140 valence electrons. The van der Waals surface area contributed by atoms with E-state index in [1.54, 1.807) is 6.08 Å². The Balaban J connectivity index is 1.61. The monoisotopic (exact) mass is 378 g/mol. The van der Waals surface area contributed by atoms with Gasteiger partial charge in [-0.15, -0.1) is 0 Å². The van der Waals surface area contributed by atoms with Crippen LogP contribution in [0.15, 0.2) is 90.6 Å². The number of imide groups is 1. The third kappa shape index (κ3) is 3.05. The van der Waals surface area contributed by atoms with Gasteiger partial charge in [0.2, 0.25) is 0 Å². The highest BCUT2D eigenvalue weighted by Crippen LogP contribution is 2.31. The van der Waals surface area contributed by atoms with Gasteiger partial charge in [0.1, 0.15) is 5.70 Å². The van der Waals surface area contributed by atoms with E-state index in [9.17, 15) is 9.59 Å². The summed E-state index contributed by atoms with van der Waals surface area (Å²) in [7, 11) is 0. The van der Waals surface area contributed by atoms with E-state index in [1.807, 2.05) is 66.7 Å². The summed E-state index contributed by atoms with van der Waals surface area (Å²) in [5, 5.41) is 7.02. The molecule has 5 rings (SSSR count). The molecule has 0 unspecified atom stereocenters. The van der Waals surface area contributed by atoms with Gasteiger partial charge in [0, 0.05) is 0 Å². The molecule has 0 bridgehead atoms. The third-order valence-electron chi connectivity index (χ3n) is 5.25. The number of carbonyl (C=O) groups is 2. The van der Waals surface area contributed by atoms with Gasteiger partial charge in [0.25, 0.3) is 5.91 Å². The Morgan fingerprint density at radius 1 is 0.759 bits per heavy atom. The van der Waals surface area contributed by atoms with Gasteiger partial charge in [-0.3, -0.25) is 9.69 Å². The zero-order chi connectivity index (χ0) is 19.8. The third-order valence-corrected chi connectivity index (χ3v) is 5.25. The van der Waals surface area contributed by atoms with E-state index in [2.05, 4.69) is 23.5 Å². The Hall–Kier alpha value is -3.92. The fourth-order valence-electron chi connectivity index (χ4n) is 3.83. The first-order chi connectivity index (χ1) is 14.2. The van der Waals surface area contributed by atoms with E-state index >= 15 is 0 Å². The number of fused-ring (bicyclic) bond motifs is 2. The molecular weight excluding hydrogens is 360 g/mol.